The van der Waals surface area contributed by atoms with E-state index in [9.17, 15) is 4.79 Å². The maximum atomic E-state index is 12.7. The number of benzene rings is 2. The Kier molecular flexibility index (Phi) is 4.98. The third-order valence-corrected chi connectivity index (χ3v) is 6.16. The van der Waals surface area contributed by atoms with E-state index >= 15 is 0 Å². The minimum atomic E-state index is -0.169. The number of hydrogen-bond donors (Lipinski definition) is 0. The molecule has 5 nitrogen and oxygen atoms in total. The quantitative estimate of drug-likeness (QED) is 0.669. The highest BCUT2D eigenvalue weighted by atomic mass is 16.5. The molecule has 5 rings (SSSR count). The Morgan fingerprint density at radius 1 is 0.897 bits per heavy atom. The summed E-state index contributed by atoms with van der Waals surface area (Å²) >= 11 is 0. The van der Waals surface area contributed by atoms with Gasteiger partial charge in [0.15, 0.2) is 11.6 Å². The van der Waals surface area contributed by atoms with Gasteiger partial charge in [-0.25, -0.2) is 0 Å². The van der Waals surface area contributed by atoms with E-state index in [0.717, 1.165) is 73.2 Å². The number of hydrogen-bond acceptors (Lipinski definition) is 5. The van der Waals surface area contributed by atoms with Crippen LogP contribution in [0, 0.1) is 5.92 Å². The summed E-state index contributed by atoms with van der Waals surface area (Å²) in [5.41, 5.74) is 1.98. The van der Waals surface area contributed by atoms with Gasteiger partial charge in [0.25, 0.3) is 0 Å². The molecule has 0 spiro atoms. The monoisotopic (exact) mass is 387 g/mol. The fraction of sp³-hybridized carbons (Fsp3) is 0.375. The zero-order chi connectivity index (χ0) is 19.6. The molecule has 0 N–H and O–H groups in total. The highest BCUT2D eigenvalue weighted by Gasteiger charge is 2.33. The average Bonchev–Trinajstić information content (AvgIpc) is 3.34. The van der Waals surface area contributed by atoms with E-state index in [1.807, 2.05) is 24.3 Å². The predicted octanol–water partition coefficient (Wildman–Crippen LogP) is 4.26. The van der Waals surface area contributed by atoms with Crippen LogP contribution in [-0.2, 0) is 9.53 Å². The number of carbonyl (C=O) groups is 1. The standard InChI is InChI=1S/C24H25N3O2/c28-23(21-11-6-16-29-21)18-12-14-27(15-13-18)24-20-10-5-4-9-19(20)22(25-26-24)17-7-2-1-3-8-17/h1-5,7-10,18,21H,6,11-16H2/t21-/m1/s1. The number of ether oxygens (including phenoxy) is 1. The van der Waals surface area contributed by atoms with Crippen LogP contribution in [0.2, 0.25) is 0 Å². The van der Waals surface area contributed by atoms with Crippen LogP contribution in [0.25, 0.3) is 22.0 Å². The Bertz CT molecular complexity index is 1010. The Balaban J connectivity index is 1.40. The van der Waals surface area contributed by atoms with Crippen LogP contribution in [-0.4, -0.2) is 41.8 Å². The van der Waals surface area contributed by atoms with Gasteiger partial charge in [0.1, 0.15) is 11.8 Å². The largest absolute Gasteiger partial charge is 0.370 e. The van der Waals surface area contributed by atoms with Gasteiger partial charge in [0, 0.05) is 42.0 Å². The van der Waals surface area contributed by atoms with E-state index in [0.29, 0.717) is 5.78 Å². The average molecular weight is 387 g/mol. The first kappa shape index (κ1) is 18.3. The van der Waals surface area contributed by atoms with Gasteiger partial charge in [-0.1, -0.05) is 54.6 Å². The van der Waals surface area contributed by atoms with Crippen molar-refractivity contribution >= 4 is 22.4 Å². The number of anilines is 1. The summed E-state index contributed by atoms with van der Waals surface area (Å²) in [6.45, 7) is 2.38. The Morgan fingerprint density at radius 3 is 2.34 bits per heavy atom. The lowest BCUT2D eigenvalue weighted by Gasteiger charge is -2.33. The van der Waals surface area contributed by atoms with Crippen LogP contribution in [0.3, 0.4) is 0 Å². The van der Waals surface area contributed by atoms with Crippen LogP contribution < -0.4 is 4.90 Å². The van der Waals surface area contributed by atoms with E-state index in [1.54, 1.807) is 0 Å². The van der Waals surface area contributed by atoms with Gasteiger partial charge < -0.3 is 9.64 Å². The molecule has 0 amide bonds. The van der Waals surface area contributed by atoms with Gasteiger partial charge in [0.2, 0.25) is 0 Å². The van der Waals surface area contributed by atoms with Crippen LogP contribution in [0.1, 0.15) is 25.7 Å². The number of rotatable bonds is 4. The molecule has 2 aliphatic heterocycles. The van der Waals surface area contributed by atoms with Crippen molar-refractivity contribution in [1.29, 1.82) is 0 Å². The maximum Gasteiger partial charge on any atom is 0.164 e. The Hall–Kier alpha value is -2.79. The van der Waals surface area contributed by atoms with Gasteiger partial charge in [-0.2, -0.15) is 0 Å². The molecular weight excluding hydrogens is 362 g/mol. The number of Topliss-reactive ketones (excluding diaryl/α,β-unsaturated/α-hetero) is 1. The zero-order valence-electron chi connectivity index (χ0n) is 16.5. The van der Waals surface area contributed by atoms with E-state index in [2.05, 4.69) is 45.4 Å². The lowest BCUT2D eigenvalue weighted by molar-refractivity contribution is -0.132. The number of fused-ring (bicyclic) bond motifs is 1. The number of piperidine rings is 1. The molecule has 1 aromatic heterocycles. The first-order valence-corrected chi connectivity index (χ1v) is 10.5. The molecule has 5 heteroatoms. The van der Waals surface area contributed by atoms with Crippen LogP contribution in [0.4, 0.5) is 5.82 Å². The summed E-state index contributed by atoms with van der Waals surface area (Å²) in [4.78, 5) is 15.0. The molecule has 2 saturated heterocycles. The molecule has 0 unspecified atom stereocenters. The van der Waals surface area contributed by atoms with E-state index in [-0.39, 0.29) is 12.0 Å². The van der Waals surface area contributed by atoms with E-state index in [4.69, 9.17) is 4.74 Å². The second kappa shape index (κ2) is 7.91. The number of nitrogens with zero attached hydrogens (tertiary/aromatic N) is 3. The highest BCUT2D eigenvalue weighted by molar-refractivity contribution is 6.00. The molecule has 0 bridgehead atoms. The summed E-state index contributed by atoms with van der Waals surface area (Å²) in [7, 11) is 0. The molecule has 2 aromatic carbocycles. The van der Waals surface area contributed by atoms with Crippen molar-refractivity contribution < 1.29 is 9.53 Å². The molecule has 3 aromatic rings. The molecule has 1 atom stereocenters. The second-order valence-electron chi connectivity index (χ2n) is 7.95. The van der Waals surface area contributed by atoms with Crippen LogP contribution in [0.15, 0.2) is 54.6 Å². The lowest BCUT2D eigenvalue weighted by atomic mass is 9.89. The van der Waals surface area contributed by atoms with Gasteiger partial charge >= 0.3 is 0 Å². The molecule has 2 aliphatic rings. The summed E-state index contributed by atoms with van der Waals surface area (Å²) in [5.74, 6) is 1.33. The van der Waals surface area contributed by atoms with Gasteiger partial charge in [0.05, 0.1) is 0 Å². The van der Waals surface area contributed by atoms with Crippen LogP contribution in [0.5, 0.6) is 0 Å². The first-order chi connectivity index (χ1) is 14.3. The van der Waals surface area contributed by atoms with E-state index < -0.39 is 0 Å². The molecule has 3 heterocycles. The Labute approximate surface area is 170 Å². The third-order valence-electron chi connectivity index (χ3n) is 6.16. The summed E-state index contributed by atoms with van der Waals surface area (Å²) in [5, 5.41) is 11.4. The minimum Gasteiger partial charge on any atom is -0.370 e. The third kappa shape index (κ3) is 3.51. The highest BCUT2D eigenvalue weighted by Crippen LogP contribution is 2.33. The SMILES string of the molecule is O=C(C1CCN(c2nnc(-c3ccccc3)c3ccccc23)CC1)[C@H]1CCCO1. The lowest BCUT2D eigenvalue weighted by Crippen LogP contribution is -2.39. The minimum absolute atomic E-state index is 0.108. The maximum absolute atomic E-state index is 12.7. The van der Waals surface area contributed by atoms with Crippen molar-refractivity contribution in [1.82, 2.24) is 10.2 Å². The van der Waals surface area contributed by atoms with Crippen molar-refractivity contribution in [3.8, 4) is 11.3 Å². The topological polar surface area (TPSA) is 55.3 Å². The smallest absolute Gasteiger partial charge is 0.164 e. The molecule has 2 fully saturated rings. The Morgan fingerprint density at radius 2 is 1.62 bits per heavy atom. The van der Waals surface area contributed by atoms with Crippen molar-refractivity contribution in [2.75, 3.05) is 24.6 Å². The van der Waals surface area contributed by atoms with Gasteiger partial charge in [-0.15, -0.1) is 10.2 Å². The summed E-state index contributed by atoms with van der Waals surface area (Å²) < 4.78 is 5.61. The fourth-order valence-electron chi connectivity index (χ4n) is 4.57. The number of ketones is 1. The van der Waals surface area contributed by atoms with Crippen molar-refractivity contribution in [3.63, 3.8) is 0 Å². The van der Waals surface area contributed by atoms with Crippen LogP contribution >= 0.6 is 0 Å². The summed E-state index contributed by atoms with van der Waals surface area (Å²) in [6.07, 6.45) is 3.43. The molecule has 29 heavy (non-hydrogen) atoms. The zero-order valence-corrected chi connectivity index (χ0v) is 16.5. The second-order valence-corrected chi connectivity index (χ2v) is 7.95. The number of aromatic nitrogens is 2. The molecule has 0 saturated carbocycles. The molecule has 148 valence electrons. The molecule has 0 radical (unpaired) electrons. The first-order valence-electron chi connectivity index (χ1n) is 10.5. The van der Waals surface area contributed by atoms with Crippen molar-refractivity contribution in [3.05, 3.63) is 54.6 Å². The van der Waals surface area contributed by atoms with Gasteiger partial charge in [-0.3, -0.25) is 4.79 Å². The molecular formula is C24H25N3O2. The fourth-order valence-corrected chi connectivity index (χ4v) is 4.57. The van der Waals surface area contributed by atoms with Crippen molar-refractivity contribution in [2.45, 2.75) is 31.8 Å². The van der Waals surface area contributed by atoms with E-state index in [1.165, 1.54) is 0 Å². The predicted molar refractivity (Wildman–Crippen MR) is 114 cm³/mol. The number of carbonyl (C=O) groups excluding carboxylic acids is 1. The van der Waals surface area contributed by atoms with Gasteiger partial charge in [-0.05, 0) is 25.7 Å². The normalized spacial score (nSPS) is 20.3. The summed E-state index contributed by atoms with van der Waals surface area (Å²) in [6, 6.07) is 18.5. The van der Waals surface area contributed by atoms with Crippen molar-refractivity contribution in [2.24, 2.45) is 5.92 Å². The molecule has 0 aliphatic carbocycles.